The Morgan fingerprint density at radius 1 is 1.50 bits per heavy atom. The molecule has 2 rings (SSSR count). The Bertz CT molecular complexity index is 404. The van der Waals surface area contributed by atoms with Gasteiger partial charge in [0.1, 0.15) is 5.75 Å². The summed E-state index contributed by atoms with van der Waals surface area (Å²) >= 11 is 3.32. The summed E-state index contributed by atoms with van der Waals surface area (Å²) in [5.41, 5.74) is 0.0619. The zero-order valence-corrected chi connectivity index (χ0v) is 10.3. The van der Waals surface area contributed by atoms with Gasteiger partial charge in [-0.3, -0.25) is 10.1 Å². The Hall–Kier alpha value is -1.10. The predicted molar refractivity (Wildman–Crippen MR) is 63.6 cm³/mol. The number of rotatable bonds is 4. The summed E-state index contributed by atoms with van der Waals surface area (Å²) in [5, 5.41) is 10.6. The third kappa shape index (κ3) is 2.52. The molecule has 16 heavy (non-hydrogen) atoms. The normalized spacial score (nSPS) is 15.6. The first kappa shape index (κ1) is 11.4. The largest absolute Gasteiger partial charge is 0.492 e. The lowest BCUT2D eigenvalue weighted by Gasteiger charge is -2.25. The molecule has 1 saturated carbocycles. The third-order valence-electron chi connectivity index (χ3n) is 2.82. The van der Waals surface area contributed by atoms with Gasteiger partial charge in [-0.25, -0.2) is 0 Å². The van der Waals surface area contributed by atoms with E-state index >= 15 is 0 Å². The van der Waals surface area contributed by atoms with Gasteiger partial charge >= 0.3 is 0 Å². The standard InChI is InChI=1S/C11H12BrNO3/c12-10-5-4-9(13(14)15)6-11(10)16-7-8-2-1-3-8/h4-6,8H,1-3,7H2. The number of hydrogen-bond donors (Lipinski definition) is 0. The van der Waals surface area contributed by atoms with E-state index in [2.05, 4.69) is 15.9 Å². The van der Waals surface area contributed by atoms with Crippen LogP contribution >= 0.6 is 15.9 Å². The molecule has 0 aliphatic heterocycles. The van der Waals surface area contributed by atoms with Gasteiger partial charge in [-0.05, 0) is 40.8 Å². The van der Waals surface area contributed by atoms with Crippen LogP contribution in [0, 0.1) is 16.0 Å². The average molecular weight is 286 g/mol. The fourth-order valence-corrected chi connectivity index (χ4v) is 1.94. The molecule has 0 atom stereocenters. The molecule has 1 aliphatic rings. The molecule has 0 aromatic heterocycles. The summed E-state index contributed by atoms with van der Waals surface area (Å²) in [6.07, 6.45) is 3.67. The van der Waals surface area contributed by atoms with Gasteiger partial charge in [-0.15, -0.1) is 0 Å². The molecule has 4 nitrogen and oxygen atoms in total. The Morgan fingerprint density at radius 2 is 2.25 bits per heavy atom. The summed E-state index contributed by atoms with van der Waals surface area (Å²) in [7, 11) is 0. The molecule has 0 bridgehead atoms. The molecule has 1 aromatic rings. The minimum atomic E-state index is -0.414. The van der Waals surface area contributed by atoms with Gasteiger partial charge in [0.25, 0.3) is 5.69 Å². The van der Waals surface area contributed by atoms with Crippen LogP contribution < -0.4 is 4.74 Å². The fourth-order valence-electron chi connectivity index (χ4n) is 1.58. The van der Waals surface area contributed by atoms with Crippen LogP contribution in [0.25, 0.3) is 0 Å². The first-order valence-corrected chi connectivity index (χ1v) is 6.03. The third-order valence-corrected chi connectivity index (χ3v) is 3.48. The van der Waals surface area contributed by atoms with Gasteiger partial charge in [0.15, 0.2) is 0 Å². The van der Waals surface area contributed by atoms with Crippen molar-refractivity contribution in [2.45, 2.75) is 19.3 Å². The Kier molecular flexibility index (Phi) is 3.43. The van der Waals surface area contributed by atoms with Gasteiger partial charge in [-0.2, -0.15) is 0 Å². The van der Waals surface area contributed by atoms with E-state index < -0.39 is 4.92 Å². The van der Waals surface area contributed by atoms with Crippen molar-refractivity contribution in [2.75, 3.05) is 6.61 Å². The van der Waals surface area contributed by atoms with Crippen LogP contribution in [0.15, 0.2) is 22.7 Å². The molecule has 0 radical (unpaired) electrons. The highest BCUT2D eigenvalue weighted by Crippen LogP contribution is 2.32. The lowest BCUT2D eigenvalue weighted by molar-refractivity contribution is -0.385. The van der Waals surface area contributed by atoms with E-state index in [1.54, 1.807) is 6.07 Å². The predicted octanol–water partition coefficient (Wildman–Crippen LogP) is 3.54. The van der Waals surface area contributed by atoms with E-state index in [0.29, 0.717) is 18.3 Å². The molecule has 1 aromatic carbocycles. The summed E-state index contributed by atoms with van der Waals surface area (Å²) in [4.78, 5) is 10.2. The number of nitro benzene ring substituents is 1. The Morgan fingerprint density at radius 3 is 2.81 bits per heavy atom. The molecule has 1 fully saturated rings. The summed E-state index contributed by atoms with van der Waals surface area (Å²) < 4.78 is 6.34. The second-order valence-electron chi connectivity index (χ2n) is 3.98. The molecule has 86 valence electrons. The quantitative estimate of drug-likeness (QED) is 0.628. The highest BCUT2D eigenvalue weighted by atomic mass is 79.9. The number of hydrogen-bond acceptors (Lipinski definition) is 3. The summed E-state index contributed by atoms with van der Waals surface area (Å²) in [6, 6.07) is 4.57. The van der Waals surface area contributed by atoms with Crippen LogP contribution in [-0.2, 0) is 0 Å². The van der Waals surface area contributed by atoms with Crippen molar-refractivity contribution < 1.29 is 9.66 Å². The molecular formula is C11H12BrNO3. The lowest BCUT2D eigenvalue weighted by atomic mass is 9.86. The van der Waals surface area contributed by atoms with Crippen molar-refractivity contribution in [1.29, 1.82) is 0 Å². The first-order chi connectivity index (χ1) is 7.66. The van der Waals surface area contributed by atoms with Crippen molar-refractivity contribution in [3.05, 3.63) is 32.8 Å². The van der Waals surface area contributed by atoms with Crippen molar-refractivity contribution in [2.24, 2.45) is 5.92 Å². The van der Waals surface area contributed by atoms with E-state index in [9.17, 15) is 10.1 Å². The molecule has 0 heterocycles. The molecule has 5 heteroatoms. The van der Waals surface area contributed by atoms with Crippen LogP contribution in [0.5, 0.6) is 5.75 Å². The smallest absolute Gasteiger partial charge is 0.273 e. The number of nitrogens with zero attached hydrogens (tertiary/aromatic N) is 1. The Labute approximate surface area is 102 Å². The maximum Gasteiger partial charge on any atom is 0.273 e. The number of benzene rings is 1. The summed E-state index contributed by atoms with van der Waals surface area (Å²) in [6.45, 7) is 0.653. The molecule has 0 unspecified atom stereocenters. The van der Waals surface area contributed by atoms with E-state index in [1.807, 2.05) is 0 Å². The maximum absolute atomic E-state index is 10.6. The van der Waals surface area contributed by atoms with Gasteiger partial charge in [0.05, 0.1) is 22.1 Å². The number of ether oxygens (including phenoxy) is 1. The van der Waals surface area contributed by atoms with Crippen LogP contribution in [0.4, 0.5) is 5.69 Å². The molecule has 0 spiro atoms. The van der Waals surface area contributed by atoms with Gasteiger partial charge in [0.2, 0.25) is 0 Å². The second kappa shape index (κ2) is 4.82. The van der Waals surface area contributed by atoms with E-state index in [0.717, 1.165) is 4.47 Å². The van der Waals surface area contributed by atoms with E-state index in [1.165, 1.54) is 31.4 Å². The van der Waals surface area contributed by atoms with Crippen molar-refractivity contribution in [1.82, 2.24) is 0 Å². The zero-order valence-electron chi connectivity index (χ0n) is 8.69. The topological polar surface area (TPSA) is 52.4 Å². The molecule has 0 amide bonds. The maximum atomic E-state index is 10.6. The Balaban J connectivity index is 2.05. The molecule has 0 saturated heterocycles. The van der Waals surface area contributed by atoms with E-state index in [-0.39, 0.29) is 5.69 Å². The highest BCUT2D eigenvalue weighted by Gasteiger charge is 2.19. The van der Waals surface area contributed by atoms with Crippen LogP contribution in [-0.4, -0.2) is 11.5 Å². The van der Waals surface area contributed by atoms with Gasteiger partial charge in [-0.1, -0.05) is 6.42 Å². The minimum Gasteiger partial charge on any atom is -0.492 e. The van der Waals surface area contributed by atoms with Crippen molar-refractivity contribution in [3.8, 4) is 5.75 Å². The molecule has 0 N–H and O–H groups in total. The van der Waals surface area contributed by atoms with Crippen LogP contribution in [0.2, 0.25) is 0 Å². The average Bonchev–Trinajstić information content (AvgIpc) is 2.18. The van der Waals surface area contributed by atoms with Gasteiger partial charge < -0.3 is 4.74 Å². The number of non-ortho nitro benzene ring substituents is 1. The van der Waals surface area contributed by atoms with Crippen LogP contribution in [0.1, 0.15) is 19.3 Å². The minimum absolute atomic E-state index is 0.0619. The monoisotopic (exact) mass is 285 g/mol. The van der Waals surface area contributed by atoms with Crippen LogP contribution in [0.3, 0.4) is 0 Å². The second-order valence-corrected chi connectivity index (χ2v) is 4.83. The number of halogens is 1. The fraction of sp³-hybridized carbons (Fsp3) is 0.455. The SMILES string of the molecule is O=[N+]([O-])c1ccc(Br)c(OCC2CCC2)c1. The molecule has 1 aliphatic carbocycles. The van der Waals surface area contributed by atoms with Gasteiger partial charge in [0, 0.05) is 6.07 Å². The first-order valence-electron chi connectivity index (χ1n) is 5.23. The number of nitro groups is 1. The lowest BCUT2D eigenvalue weighted by Crippen LogP contribution is -2.19. The summed E-state index contributed by atoms with van der Waals surface area (Å²) in [5.74, 6) is 1.17. The van der Waals surface area contributed by atoms with Crippen molar-refractivity contribution in [3.63, 3.8) is 0 Å². The zero-order chi connectivity index (χ0) is 11.5. The molecular weight excluding hydrogens is 274 g/mol. The highest BCUT2D eigenvalue weighted by molar-refractivity contribution is 9.10. The van der Waals surface area contributed by atoms with E-state index in [4.69, 9.17) is 4.74 Å². The van der Waals surface area contributed by atoms with Crippen molar-refractivity contribution >= 4 is 21.6 Å².